The average Bonchev–Trinajstić information content (AvgIpc) is 3.52. The quantitative estimate of drug-likeness (QED) is 0.431. The first-order chi connectivity index (χ1) is 17.4. The Morgan fingerprint density at radius 3 is 2.41 bits per heavy atom. The van der Waals surface area contributed by atoms with E-state index in [4.69, 9.17) is 21.7 Å². The van der Waals surface area contributed by atoms with E-state index in [0.717, 1.165) is 16.8 Å². The molecule has 5 rings (SSSR count). The zero-order valence-electron chi connectivity index (χ0n) is 21.6. The van der Waals surface area contributed by atoms with Crippen LogP contribution in [0.5, 0.6) is 0 Å². The van der Waals surface area contributed by atoms with Gasteiger partial charge in [-0.05, 0) is 43.5 Å². The number of rotatable bonds is 3. The Hall–Kier alpha value is -3.72. The predicted molar refractivity (Wildman–Crippen MR) is 142 cm³/mol. The lowest BCUT2D eigenvalue weighted by molar-refractivity contribution is 0.0163. The summed E-state index contributed by atoms with van der Waals surface area (Å²) in [6.45, 7) is 11.5. The monoisotopic (exact) mass is 519 g/mol. The van der Waals surface area contributed by atoms with Crippen molar-refractivity contribution < 1.29 is 9.59 Å². The molecule has 10 heteroatoms. The van der Waals surface area contributed by atoms with Gasteiger partial charge in [-0.3, -0.25) is 14.7 Å². The van der Waals surface area contributed by atoms with Crippen LogP contribution in [0.1, 0.15) is 61.2 Å². The molecular weight excluding hydrogens is 490 g/mol. The Morgan fingerprint density at radius 1 is 1.05 bits per heavy atom. The van der Waals surface area contributed by atoms with Crippen molar-refractivity contribution in [3.8, 4) is 11.3 Å². The molecule has 1 N–H and O–H groups in total. The molecule has 4 heterocycles. The number of imidazole rings is 1. The van der Waals surface area contributed by atoms with Gasteiger partial charge >= 0.3 is 0 Å². The van der Waals surface area contributed by atoms with Crippen molar-refractivity contribution in [1.29, 1.82) is 0 Å². The zero-order chi connectivity index (χ0) is 26.5. The van der Waals surface area contributed by atoms with E-state index in [9.17, 15) is 9.59 Å². The predicted octanol–water partition coefficient (Wildman–Crippen LogP) is 4.45. The van der Waals surface area contributed by atoms with Crippen molar-refractivity contribution in [2.24, 2.45) is 0 Å². The maximum atomic E-state index is 13.7. The number of carbonyl (C=O) groups is 2. The van der Waals surface area contributed by atoms with Gasteiger partial charge in [-0.1, -0.05) is 44.5 Å². The summed E-state index contributed by atoms with van der Waals surface area (Å²) in [5.41, 5.74) is 3.29. The van der Waals surface area contributed by atoms with E-state index in [1.165, 1.54) is 0 Å². The molecule has 4 aromatic rings. The number of fused-ring (bicyclic) bond motifs is 1. The van der Waals surface area contributed by atoms with Gasteiger partial charge in [0.15, 0.2) is 5.65 Å². The van der Waals surface area contributed by atoms with Crippen molar-refractivity contribution in [2.75, 3.05) is 19.6 Å². The molecule has 0 spiro atoms. The van der Waals surface area contributed by atoms with Gasteiger partial charge in [0.1, 0.15) is 11.4 Å². The van der Waals surface area contributed by atoms with Crippen LogP contribution in [0, 0.1) is 0 Å². The van der Waals surface area contributed by atoms with Crippen LogP contribution in [0.2, 0.25) is 5.02 Å². The second-order valence-corrected chi connectivity index (χ2v) is 11.5. The number of halogens is 1. The van der Waals surface area contributed by atoms with Crippen LogP contribution in [0.3, 0.4) is 0 Å². The number of H-pyrrole nitrogens is 1. The van der Waals surface area contributed by atoms with Crippen molar-refractivity contribution in [3.63, 3.8) is 0 Å². The molecule has 0 saturated carbocycles. The fourth-order valence-electron chi connectivity index (χ4n) is 4.78. The van der Waals surface area contributed by atoms with E-state index in [1.54, 1.807) is 32.8 Å². The second-order valence-electron chi connectivity index (χ2n) is 11.1. The van der Waals surface area contributed by atoms with Crippen LogP contribution in [-0.2, 0) is 5.41 Å². The number of aromatic nitrogens is 5. The summed E-state index contributed by atoms with van der Waals surface area (Å²) in [5.74, 6) is -0.309. The Morgan fingerprint density at radius 2 is 1.78 bits per heavy atom. The lowest BCUT2D eigenvalue weighted by Crippen LogP contribution is -2.62. The molecule has 2 amide bonds. The van der Waals surface area contributed by atoms with Crippen LogP contribution >= 0.6 is 11.6 Å². The first kappa shape index (κ1) is 25.0. The van der Waals surface area contributed by atoms with E-state index in [2.05, 4.69) is 31.0 Å². The van der Waals surface area contributed by atoms with Gasteiger partial charge in [-0.25, -0.2) is 9.50 Å². The number of aromatic amines is 1. The van der Waals surface area contributed by atoms with Gasteiger partial charge in [0.25, 0.3) is 11.8 Å². The molecule has 1 saturated heterocycles. The number of piperazine rings is 1. The van der Waals surface area contributed by atoms with Crippen molar-refractivity contribution in [3.05, 3.63) is 70.8 Å². The van der Waals surface area contributed by atoms with Gasteiger partial charge in [-0.2, -0.15) is 10.2 Å². The molecule has 0 unspecified atom stereocenters. The highest BCUT2D eigenvalue weighted by atomic mass is 35.5. The van der Waals surface area contributed by atoms with Gasteiger partial charge in [-0.15, -0.1) is 0 Å². The largest absolute Gasteiger partial charge is 0.333 e. The van der Waals surface area contributed by atoms with Crippen LogP contribution in [0.4, 0.5) is 0 Å². The number of nitrogens with one attached hydrogen (secondary N) is 1. The SMILES string of the molecule is CC(C)(C)c1cc(-c2ccc(Cl)cc2)nn2cc(C(=O)N3CCN(C(=O)c4ccn[nH]4)CC3(C)C)nc12. The Kier molecular flexibility index (Phi) is 6.06. The smallest absolute Gasteiger partial charge is 0.274 e. The normalized spacial score (nSPS) is 15.8. The Balaban J connectivity index is 1.47. The lowest BCUT2D eigenvalue weighted by Gasteiger charge is -2.46. The molecular formula is C27H30ClN7O2. The highest BCUT2D eigenvalue weighted by Crippen LogP contribution is 2.31. The van der Waals surface area contributed by atoms with Crippen LogP contribution in [0.25, 0.3) is 16.9 Å². The zero-order valence-corrected chi connectivity index (χ0v) is 22.4. The maximum Gasteiger partial charge on any atom is 0.274 e. The van der Waals surface area contributed by atoms with Crippen molar-refractivity contribution in [2.45, 2.75) is 45.6 Å². The fourth-order valence-corrected chi connectivity index (χ4v) is 4.91. The molecule has 1 aliphatic rings. The molecule has 3 aromatic heterocycles. The third-order valence-corrected chi connectivity index (χ3v) is 7.01. The van der Waals surface area contributed by atoms with E-state index < -0.39 is 5.54 Å². The standard InChI is InChI=1S/C27H30ClN7O2/c1-26(2,3)19-14-21(17-6-8-18(28)9-7-17)32-35-15-22(30-23(19)35)25(37)34-13-12-33(16-27(34,4)5)24(36)20-10-11-29-31-20/h6-11,14-15H,12-13,16H2,1-5H3,(H,29,31). The molecule has 192 valence electrons. The molecule has 9 nitrogen and oxygen atoms in total. The first-order valence-corrected chi connectivity index (χ1v) is 12.6. The highest BCUT2D eigenvalue weighted by Gasteiger charge is 2.40. The third-order valence-electron chi connectivity index (χ3n) is 6.76. The maximum absolute atomic E-state index is 13.7. The molecule has 0 atom stereocenters. The van der Waals surface area contributed by atoms with Crippen LogP contribution in [-0.4, -0.2) is 71.6 Å². The van der Waals surface area contributed by atoms with Crippen LogP contribution in [0.15, 0.2) is 48.8 Å². The Labute approximate surface area is 220 Å². The summed E-state index contributed by atoms with van der Waals surface area (Å²) >= 11 is 6.08. The minimum absolute atomic E-state index is 0.126. The summed E-state index contributed by atoms with van der Waals surface area (Å²) in [5, 5.41) is 12.0. The minimum Gasteiger partial charge on any atom is -0.333 e. The van der Waals surface area contributed by atoms with Crippen LogP contribution < -0.4 is 0 Å². The van der Waals surface area contributed by atoms with E-state index in [1.807, 2.05) is 44.2 Å². The topological polar surface area (TPSA) is 99.5 Å². The van der Waals surface area contributed by atoms with Gasteiger partial charge in [0.05, 0.1) is 17.4 Å². The van der Waals surface area contributed by atoms with Crippen molar-refractivity contribution in [1.82, 2.24) is 34.6 Å². The van der Waals surface area contributed by atoms with E-state index in [0.29, 0.717) is 41.7 Å². The number of benzene rings is 1. The van der Waals surface area contributed by atoms with E-state index >= 15 is 0 Å². The molecule has 0 radical (unpaired) electrons. The molecule has 1 fully saturated rings. The summed E-state index contributed by atoms with van der Waals surface area (Å²) < 4.78 is 1.70. The first-order valence-electron chi connectivity index (χ1n) is 12.2. The average molecular weight is 520 g/mol. The number of hydrogen-bond acceptors (Lipinski definition) is 5. The Bertz CT molecular complexity index is 1470. The van der Waals surface area contributed by atoms with Crippen molar-refractivity contribution >= 4 is 29.1 Å². The van der Waals surface area contributed by atoms with E-state index in [-0.39, 0.29) is 17.2 Å². The number of hydrogen-bond donors (Lipinski definition) is 1. The molecule has 0 bridgehead atoms. The second kappa shape index (κ2) is 8.99. The summed E-state index contributed by atoms with van der Waals surface area (Å²) in [6, 6.07) is 11.2. The van der Waals surface area contributed by atoms with Gasteiger partial charge in [0, 0.05) is 42.0 Å². The third kappa shape index (κ3) is 4.71. The van der Waals surface area contributed by atoms with Gasteiger partial charge in [0.2, 0.25) is 0 Å². The summed E-state index contributed by atoms with van der Waals surface area (Å²) in [7, 11) is 0. The van der Waals surface area contributed by atoms with Gasteiger partial charge < -0.3 is 9.80 Å². The lowest BCUT2D eigenvalue weighted by atomic mass is 9.87. The number of carbonyl (C=O) groups excluding carboxylic acids is 2. The highest BCUT2D eigenvalue weighted by molar-refractivity contribution is 6.30. The molecule has 1 aromatic carbocycles. The summed E-state index contributed by atoms with van der Waals surface area (Å²) in [4.78, 5) is 34.9. The molecule has 37 heavy (non-hydrogen) atoms. The minimum atomic E-state index is -0.588. The number of amides is 2. The molecule has 0 aliphatic carbocycles. The summed E-state index contributed by atoms with van der Waals surface area (Å²) in [6.07, 6.45) is 3.25. The fraction of sp³-hybridized carbons (Fsp3) is 0.370. The molecule has 1 aliphatic heterocycles. The number of nitrogens with zero attached hydrogens (tertiary/aromatic N) is 6.